The van der Waals surface area contributed by atoms with Crippen molar-refractivity contribution in [3.8, 4) is 0 Å². The molecule has 0 saturated heterocycles. The lowest BCUT2D eigenvalue weighted by Gasteiger charge is -2.27. The van der Waals surface area contributed by atoms with Gasteiger partial charge in [0.1, 0.15) is 0 Å². The minimum absolute atomic E-state index is 0.297. The molecule has 0 rings (SSSR count). The van der Waals surface area contributed by atoms with Crippen LogP contribution in [0.2, 0.25) is 0 Å². The summed E-state index contributed by atoms with van der Waals surface area (Å²) in [6.07, 6.45) is 0.881. The third-order valence-corrected chi connectivity index (χ3v) is 2.17. The molecule has 13 heavy (non-hydrogen) atoms. The molecule has 0 unspecified atom stereocenters. The largest absolute Gasteiger partial charge is 0.396 e. The highest BCUT2D eigenvalue weighted by molar-refractivity contribution is 4.63. The number of hydrogen-bond donors (Lipinski definition) is 1. The first-order valence-corrected chi connectivity index (χ1v) is 5.07. The van der Waals surface area contributed by atoms with Gasteiger partial charge in [-0.2, -0.15) is 0 Å². The summed E-state index contributed by atoms with van der Waals surface area (Å²) in [7, 11) is 4.18. The summed E-state index contributed by atoms with van der Waals surface area (Å²) >= 11 is 0. The van der Waals surface area contributed by atoms with Gasteiger partial charge >= 0.3 is 0 Å². The lowest BCUT2D eigenvalue weighted by atomic mass is 10.3. The molecule has 0 spiro atoms. The van der Waals surface area contributed by atoms with Crippen molar-refractivity contribution in [1.29, 1.82) is 0 Å². The van der Waals surface area contributed by atoms with Crippen molar-refractivity contribution >= 4 is 0 Å². The highest BCUT2D eigenvalue weighted by Gasteiger charge is 2.08. The Kier molecular flexibility index (Phi) is 7.23. The topological polar surface area (TPSA) is 26.7 Å². The standard InChI is InChI=1S/C10H24N2O/c1-10(2)12(6-5-9-13)8-7-11(3)4/h10,13H,5-9H2,1-4H3. The first kappa shape index (κ1) is 12.9. The normalized spacial score (nSPS) is 12.0. The second-order valence-corrected chi connectivity index (χ2v) is 4.01. The lowest BCUT2D eigenvalue weighted by molar-refractivity contribution is 0.177. The maximum Gasteiger partial charge on any atom is 0.0443 e. The van der Waals surface area contributed by atoms with E-state index in [1.807, 2.05) is 0 Å². The zero-order chi connectivity index (χ0) is 10.3. The van der Waals surface area contributed by atoms with Crippen molar-refractivity contribution < 1.29 is 5.11 Å². The Labute approximate surface area is 82.3 Å². The smallest absolute Gasteiger partial charge is 0.0443 e. The Morgan fingerprint density at radius 1 is 1.08 bits per heavy atom. The van der Waals surface area contributed by atoms with E-state index in [0.29, 0.717) is 12.6 Å². The molecule has 0 heterocycles. The Hall–Kier alpha value is -0.120. The molecule has 0 aliphatic heterocycles. The van der Waals surface area contributed by atoms with Crippen LogP contribution in [0.25, 0.3) is 0 Å². The fourth-order valence-corrected chi connectivity index (χ4v) is 1.23. The molecule has 0 saturated carbocycles. The van der Waals surface area contributed by atoms with Crippen molar-refractivity contribution in [2.45, 2.75) is 26.3 Å². The fourth-order valence-electron chi connectivity index (χ4n) is 1.23. The highest BCUT2D eigenvalue weighted by Crippen LogP contribution is 1.99. The van der Waals surface area contributed by atoms with Crippen LogP contribution in [0.3, 0.4) is 0 Å². The molecule has 0 radical (unpaired) electrons. The maximum atomic E-state index is 8.74. The van der Waals surface area contributed by atoms with Gasteiger partial charge in [0.15, 0.2) is 0 Å². The van der Waals surface area contributed by atoms with E-state index in [4.69, 9.17) is 5.11 Å². The van der Waals surface area contributed by atoms with E-state index in [2.05, 4.69) is 37.7 Å². The second kappa shape index (κ2) is 7.30. The first-order valence-electron chi connectivity index (χ1n) is 5.07. The molecule has 0 amide bonds. The van der Waals surface area contributed by atoms with Crippen LogP contribution in [0.1, 0.15) is 20.3 Å². The van der Waals surface area contributed by atoms with Gasteiger partial charge in [-0.3, -0.25) is 4.90 Å². The van der Waals surface area contributed by atoms with Gasteiger partial charge in [-0.25, -0.2) is 0 Å². The first-order chi connectivity index (χ1) is 6.07. The van der Waals surface area contributed by atoms with Gasteiger partial charge in [-0.15, -0.1) is 0 Å². The molecule has 0 aliphatic rings. The van der Waals surface area contributed by atoms with Crippen molar-refractivity contribution in [2.24, 2.45) is 0 Å². The van der Waals surface area contributed by atoms with Gasteiger partial charge in [0.2, 0.25) is 0 Å². The molecule has 0 aliphatic carbocycles. The van der Waals surface area contributed by atoms with Crippen LogP contribution in [0, 0.1) is 0 Å². The van der Waals surface area contributed by atoms with Gasteiger partial charge in [0.05, 0.1) is 0 Å². The average Bonchev–Trinajstić information content (AvgIpc) is 2.03. The summed E-state index contributed by atoms with van der Waals surface area (Å²) in [5.41, 5.74) is 0. The molecule has 3 nitrogen and oxygen atoms in total. The number of aliphatic hydroxyl groups excluding tert-OH is 1. The Morgan fingerprint density at radius 2 is 1.69 bits per heavy atom. The molecule has 0 aromatic heterocycles. The molecular formula is C10H24N2O. The number of nitrogens with zero attached hydrogens (tertiary/aromatic N) is 2. The quantitative estimate of drug-likeness (QED) is 0.635. The zero-order valence-electron chi connectivity index (χ0n) is 9.45. The number of hydrogen-bond acceptors (Lipinski definition) is 3. The molecule has 1 N–H and O–H groups in total. The summed E-state index contributed by atoms with van der Waals surface area (Å²) < 4.78 is 0. The average molecular weight is 188 g/mol. The van der Waals surface area contributed by atoms with Gasteiger partial charge < -0.3 is 10.0 Å². The van der Waals surface area contributed by atoms with E-state index >= 15 is 0 Å². The molecule has 0 bridgehead atoms. The molecular weight excluding hydrogens is 164 g/mol. The van der Waals surface area contributed by atoms with E-state index in [1.165, 1.54) is 0 Å². The van der Waals surface area contributed by atoms with Crippen LogP contribution < -0.4 is 0 Å². The lowest BCUT2D eigenvalue weighted by Crippen LogP contribution is -2.37. The highest BCUT2D eigenvalue weighted by atomic mass is 16.3. The van der Waals surface area contributed by atoms with Gasteiger partial charge in [0, 0.05) is 32.3 Å². The fraction of sp³-hybridized carbons (Fsp3) is 1.00. The van der Waals surface area contributed by atoms with Crippen LogP contribution in [0.4, 0.5) is 0 Å². The molecule has 0 aromatic rings. The third kappa shape index (κ3) is 6.99. The minimum Gasteiger partial charge on any atom is -0.396 e. The van der Waals surface area contributed by atoms with E-state index in [0.717, 1.165) is 26.1 Å². The monoisotopic (exact) mass is 188 g/mol. The van der Waals surface area contributed by atoms with Gasteiger partial charge in [0.25, 0.3) is 0 Å². The van der Waals surface area contributed by atoms with E-state index < -0.39 is 0 Å². The number of likely N-dealkylation sites (N-methyl/N-ethyl adjacent to an activating group) is 1. The predicted molar refractivity (Wildman–Crippen MR) is 57.0 cm³/mol. The molecule has 0 aromatic carbocycles. The van der Waals surface area contributed by atoms with Gasteiger partial charge in [-0.1, -0.05) is 0 Å². The van der Waals surface area contributed by atoms with Crippen LogP contribution >= 0.6 is 0 Å². The minimum atomic E-state index is 0.297. The SMILES string of the molecule is CC(C)N(CCCO)CCN(C)C. The van der Waals surface area contributed by atoms with Crippen molar-refractivity contribution in [3.63, 3.8) is 0 Å². The van der Waals surface area contributed by atoms with Crippen molar-refractivity contribution in [3.05, 3.63) is 0 Å². The van der Waals surface area contributed by atoms with Crippen molar-refractivity contribution in [1.82, 2.24) is 9.80 Å². The van der Waals surface area contributed by atoms with Crippen LogP contribution in [0.15, 0.2) is 0 Å². The van der Waals surface area contributed by atoms with Crippen LogP contribution in [-0.4, -0.2) is 61.3 Å². The van der Waals surface area contributed by atoms with Gasteiger partial charge in [-0.05, 0) is 34.4 Å². The van der Waals surface area contributed by atoms with E-state index in [9.17, 15) is 0 Å². The van der Waals surface area contributed by atoms with Crippen molar-refractivity contribution in [2.75, 3.05) is 40.3 Å². The van der Waals surface area contributed by atoms with E-state index in [1.54, 1.807) is 0 Å². The Morgan fingerprint density at radius 3 is 2.08 bits per heavy atom. The summed E-state index contributed by atoms with van der Waals surface area (Å²) in [5.74, 6) is 0. The Balaban J connectivity index is 3.67. The zero-order valence-corrected chi connectivity index (χ0v) is 9.45. The summed E-state index contributed by atoms with van der Waals surface area (Å²) in [4.78, 5) is 4.59. The van der Waals surface area contributed by atoms with Crippen LogP contribution in [0.5, 0.6) is 0 Å². The molecule has 0 atom stereocenters. The second-order valence-electron chi connectivity index (χ2n) is 4.01. The molecule has 0 fully saturated rings. The Bertz CT molecular complexity index is 115. The van der Waals surface area contributed by atoms with E-state index in [-0.39, 0.29) is 0 Å². The summed E-state index contributed by atoms with van der Waals surface area (Å²) in [6.45, 7) is 7.88. The maximum absolute atomic E-state index is 8.74. The van der Waals surface area contributed by atoms with Crippen LogP contribution in [-0.2, 0) is 0 Å². The molecule has 3 heteroatoms. The number of aliphatic hydroxyl groups is 1. The third-order valence-electron chi connectivity index (χ3n) is 2.17. The summed E-state index contributed by atoms with van der Waals surface area (Å²) in [6, 6.07) is 0.575. The molecule has 80 valence electrons. The number of rotatable bonds is 7. The summed E-state index contributed by atoms with van der Waals surface area (Å²) in [5, 5.41) is 8.74. The predicted octanol–water partition coefficient (Wildman–Crippen LogP) is 0.641.